The summed E-state index contributed by atoms with van der Waals surface area (Å²) in [6.07, 6.45) is 0. The van der Waals surface area contributed by atoms with Gasteiger partial charge in [0.2, 0.25) is 0 Å². The number of ether oxygens (including phenoxy) is 1. The SMILES string of the molecule is Cc1ccc(Oc2cccc(C)c2C#N)cc1. The minimum atomic E-state index is 0.591. The van der Waals surface area contributed by atoms with E-state index in [4.69, 9.17) is 10.00 Å². The van der Waals surface area contributed by atoms with Crippen LogP contribution in [0.2, 0.25) is 0 Å². The van der Waals surface area contributed by atoms with Crippen molar-refractivity contribution in [3.63, 3.8) is 0 Å². The predicted molar refractivity (Wildman–Crippen MR) is 67.1 cm³/mol. The molecule has 2 aromatic carbocycles. The molecule has 84 valence electrons. The van der Waals surface area contributed by atoms with Gasteiger partial charge in [0.1, 0.15) is 17.6 Å². The Morgan fingerprint density at radius 3 is 2.35 bits per heavy atom. The molecule has 0 N–H and O–H groups in total. The summed E-state index contributed by atoms with van der Waals surface area (Å²) >= 11 is 0. The summed E-state index contributed by atoms with van der Waals surface area (Å²) in [6, 6.07) is 15.5. The lowest BCUT2D eigenvalue weighted by atomic mass is 10.1. The molecule has 0 heterocycles. The topological polar surface area (TPSA) is 33.0 Å². The molecule has 0 atom stereocenters. The highest BCUT2D eigenvalue weighted by molar-refractivity contribution is 5.49. The van der Waals surface area contributed by atoms with Crippen molar-refractivity contribution in [2.75, 3.05) is 0 Å². The lowest BCUT2D eigenvalue weighted by molar-refractivity contribution is 0.480. The second-order valence-electron chi connectivity index (χ2n) is 3.97. The van der Waals surface area contributed by atoms with E-state index in [9.17, 15) is 0 Å². The van der Waals surface area contributed by atoms with Crippen molar-refractivity contribution in [2.45, 2.75) is 13.8 Å². The number of aryl methyl sites for hydroxylation is 2. The van der Waals surface area contributed by atoms with Gasteiger partial charge in [-0.3, -0.25) is 0 Å². The van der Waals surface area contributed by atoms with E-state index in [1.807, 2.05) is 56.3 Å². The first kappa shape index (κ1) is 11.2. The molecule has 0 radical (unpaired) electrons. The van der Waals surface area contributed by atoms with Crippen LogP contribution in [0.25, 0.3) is 0 Å². The maximum Gasteiger partial charge on any atom is 0.145 e. The maximum absolute atomic E-state index is 9.09. The third-order valence-electron chi connectivity index (χ3n) is 2.60. The fourth-order valence-corrected chi connectivity index (χ4v) is 1.60. The largest absolute Gasteiger partial charge is 0.456 e. The molecule has 0 fully saturated rings. The van der Waals surface area contributed by atoms with Crippen LogP contribution in [0.15, 0.2) is 42.5 Å². The van der Waals surface area contributed by atoms with Gasteiger partial charge in [0.05, 0.1) is 5.56 Å². The van der Waals surface area contributed by atoms with E-state index in [0.717, 1.165) is 11.3 Å². The molecule has 0 unspecified atom stereocenters. The standard InChI is InChI=1S/C15H13NO/c1-11-6-8-13(9-7-11)17-15-5-3-4-12(2)14(15)10-16/h3-9H,1-2H3. The normalized spacial score (nSPS) is 9.71. The number of hydrogen-bond acceptors (Lipinski definition) is 2. The van der Waals surface area contributed by atoms with Gasteiger partial charge in [-0.2, -0.15) is 5.26 Å². The van der Waals surface area contributed by atoms with Crippen molar-refractivity contribution in [3.8, 4) is 17.6 Å². The number of hydrogen-bond donors (Lipinski definition) is 0. The van der Waals surface area contributed by atoms with Gasteiger partial charge >= 0.3 is 0 Å². The van der Waals surface area contributed by atoms with Crippen molar-refractivity contribution in [2.24, 2.45) is 0 Å². The van der Waals surface area contributed by atoms with E-state index < -0.39 is 0 Å². The van der Waals surface area contributed by atoms with Crippen molar-refractivity contribution in [3.05, 3.63) is 59.2 Å². The minimum absolute atomic E-state index is 0.591. The molecule has 2 heteroatoms. The first-order chi connectivity index (χ1) is 8.20. The van der Waals surface area contributed by atoms with Crippen LogP contribution in [-0.2, 0) is 0 Å². The number of nitriles is 1. The van der Waals surface area contributed by atoms with E-state index in [1.165, 1.54) is 5.56 Å². The fourth-order valence-electron chi connectivity index (χ4n) is 1.60. The Kier molecular flexibility index (Phi) is 3.11. The Labute approximate surface area is 101 Å². The molecular weight excluding hydrogens is 210 g/mol. The zero-order chi connectivity index (χ0) is 12.3. The summed E-state index contributed by atoms with van der Waals surface area (Å²) in [6.45, 7) is 3.93. The zero-order valence-corrected chi connectivity index (χ0v) is 9.90. The number of nitrogens with zero attached hydrogens (tertiary/aromatic N) is 1. The molecule has 2 rings (SSSR count). The highest BCUT2D eigenvalue weighted by atomic mass is 16.5. The van der Waals surface area contributed by atoms with Gasteiger partial charge in [0.15, 0.2) is 0 Å². The second kappa shape index (κ2) is 4.71. The van der Waals surface area contributed by atoms with Crippen molar-refractivity contribution >= 4 is 0 Å². The lowest BCUT2D eigenvalue weighted by Gasteiger charge is -2.08. The minimum Gasteiger partial charge on any atom is -0.456 e. The van der Waals surface area contributed by atoms with E-state index in [1.54, 1.807) is 0 Å². The summed E-state index contributed by atoms with van der Waals surface area (Å²) in [5, 5.41) is 9.09. The van der Waals surface area contributed by atoms with E-state index >= 15 is 0 Å². The summed E-state index contributed by atoms with van der Waals surface area (Å²) in [4.78, 5) is 0. The first-order valence-corrected chi connectivity index (χ1v) is 5.45. The Morgan fingerprint density at radius 2 is 1.71 bits per heavy atom. The molecule has 0 aliphatic rings. The van der Waals surface area contributed by atoms with E-state index in [0.29, 0.717) is 11.3 Å². The molecule has 2 aromatic rings. The van der Waals surface area contributed by atoms with Gasteiger partial charge < -0.3 is 4.74 Å². The lowest BCUT2D eigenvalue weighted by Crippen LogP contribution is -1.90. The quantitative estimate of drug-likeness (QED) is 0.771. The van der Waals surface area contributed by atoms with Gasteiger partial charge in [0, 0.05) is 0 Å². The molecule has 0 aliphatic carbocycles. The molecular formula is C15H13NO. The second-order valence-corrected chi connectivity index (χ2v) is 3.97. The van der Waals surface area contributed by atoms with Crippen LogP contribution >= 0.6 is 0 Å². The summed E-state index contributed by atoms with van der Waals surface area (Å²) in [5.41, 5.74) is 2.70. The fraction of sp³-hybridized carbons (Fsp3) is 0.133. The zero-order valence-electron chi connectivity index (χ0n) is 9.90. The van der Waals surface area contributed by atoms with Gasteiger partial charge in [-0.1, -0.05) is 29.8 Å². The third kappa shape index (κ3) is 2.46. The van der Waals surface area contributed by atoms with Crippen LogP contribution in [0, 0.1) is 25.2 Å². The van der Waals surface area contributed by atoms with E-state index in [-0.39, 0.29) is 0 Å². The molecule has 0 aromatic heterocycles. The van der Waals surface area contributed by atoms with Crippen LogP contribution in [0.4, 0.5) is 0 Å². The predicted octanol–water partition coefficient (Wildman–Crippen LogP) is 3.97. The monoisotopic (exact) mass is 223 g/mol. The van der Waals surface area contributed by atoms with Crippen LogP contribution in [0.3, 0.4) is 0 Å². The summed E-state index contributed by atoms with van der Waals surface area (Å²) in [7, 11) is 0. The Morgan fingerprint density at radius 1 is 1.00 bits per heavy atom. The molecule has 2 nitrogen and oxygen atoms in total. The molecule has 0 amide bonds. The van der Waals surface area contributed by atoms with E-state index in [2.05, 4.69) is 6.07 Å². The van der Waals surface area contributed by atoms with Crippen LogP contribution in [0.5, 0.6) is 11.5 Å². The highest BCUT2D eigenvalue weighted by Crippen LogP contribution is 2.26. The Balaban J connectivity index is 2.34. The van der Waals surface area contributed by atoms with Crippen LogP contribution in [-0.4, -0.2) is 0 Å². The molecule has 0 saturated heterocycles. The van der Waals surface area contributed by atoms with Gasteiger partial charge in [-0.25, -0.2) is 0 Å². The van der Waals surface area contributed by atoms with Crippen LogP contribution in [0.1, 0.15) is 16.7 Å². The summed E-state index contributed by atoms with van der Waals surface area (Å²) in [5.74, 6) is 1.36. The van der Waals surface area contributed by atoms with Gasteiger partial charge in [-0.05, 0) is 37.6 Å². The van der Waals surface area contributed by atoms with Crippen molar-refractivity contribution < 1.29 is 4.74 Å². The van der Waals surface area contributed by atoms with Gasteiger partial charge in [0.25, 0.3) is 0 Å². The Bertz CT molecular complexity index is 564. The Hall–Kier alpha value is -2.27. The smallest absolute Gasteiger partial charge is 0.145 e. The van der Waals surface area contributed by atoms with Crippen molar-refractivity contribution in [1.29, 1.82) is 5.26 Å². The third-order valence-corrected chi connectivity index (χ3v) is 2.60. The van der Waals surface area contributed by atoms with Crippen LogP contribution < -0.4 is 4.74 Å². The highest BCUT2D eigenvalue weighted by Gasteiger charge is 2.06. The summed E-state index contributed by atoms with van der Waals surface area (Å²) < 4.78 is 5.71. The number of rotatable bonds is 2. The van der Waals surface area contributed by atoms with Crippen molar-refractivity contribution in [1.82, 2.24) is 0 Å². The maximum atomic E-state index is 9.09. The molecule has 17 heavy (non-hydrogen) atoms. The molecule has 0 saturated carbocycles. The average molecular weight is 223 g/mol. The first-order valence-electron chi connectivity index (χ1n) is 5.45. The molecule has 0 spiro atoms. The average Bonchev–Trinajstić information content (AvgIpc) is 2.32. The van der Waals surface area contributed by atoms with Gasteiger partial charge in [-0.15, -0.1) is 0 Å². The number of benzene rings is 2. The molecule has 0 bridgehead atoms. The molecule has 0 aliphatic heterocycles.